The van der Waals surface area contributed by atoms with Crippen LogP contribution >= 0.6 is 0 Å². The first-order valence-electron chi connectivity index (χ1n) is 9.58. The summed E-state index contributed by atoms with van der Waals surface area (Å²) in [6.45, 7) is 1.83. The quantitative estimate of drug-likeness (QED) is 0.681. The molecule has 2 amide bonds. The Hall–Kier alpha value is -3.50. The number of nitrogens with zero attached hydrogens (tertiary/aromatic N) is 5. The Labute approximate surface area is 174 Å². The first-order chi connectivity index (χ1) is 14.6. The number of imidazole rings is 1. The minimum Gasteiger partial charge on any atom is -0.365 e. The molecule has 1 aromatic carbocycles. The molecule has 0 spiro atoms. The number of para-hydroxylation sites is 2. The van der Waals surface area contributed by atoms with Crippen molar-refractivity contribution in [3.05, 3.63) is 53.4 Å². The summed E-state index contributed by atoms with van der Waals surface area (Å²) in [6.07, 6.45) is -2.75. The lowest BCUT2D eigenvalue weighted by Gasteiger charge is -2.18. The van der Waals surface area contributed by atoms with E-state index in [0.717, 1.165) is 4.57 Å². The number of aromatic nitrogens is 4. The summed E-state index contributed by atoms with van der Waals surface area (Å²) in [7, 11) is 0. The number of hydrogen-bond acceptors (Lipinski definition) is 5. The molecule has 2 aromatic heterocycles. The highest BCUT2D eigenvalue weighted by Gasteiger charge is 2.39. The fourth-order valence-corrected chi connectivity index (χ4v) is 3.81. The molecule has 1 aliphatic rings. The van der Waals surface area contributed by atoms with Crippen molar-refractivity contribution < 1.29 is 22.8 Å². The van der Waals surface area contributed by atoms with E-state index in [9.17, 15) is 22.8 Å². The number of aryl methyl sites for hydroxylation is 1. The Bertz CT molecular complexity index is 1170. The zero-order chi connectivity index (χ0) is 22.3. The molecule has 4 rings (SSSR count). The third-order valence-electron chi connectivity index (χ3n) is 5.37. The number of benzene rings is 1. The molecule has 1 aliphatic heterocycles. The van der Waals surface area contributed by atoms with E-state index in [-0.39, 0.29) is 29.1 Å². The standard InChI is InChI=1S/C20H19F3N6O2/c1-11-13(17(24)31)8-25-18(26-11)12-6-7-28(9-12)16(30)10-29-15-5-3-2-4-14(15)27-19(29)20(21,22)23/h2-5,8,12H,6-7,9-10H2,1H3,(H2,24,31)/t12-/m0/s1. The second-order valence-electron chi connectivity index (χ2n) is 7.42. The van der Waals surface area contributed by atoms with Crippen molar-refractivity contribution in [2.45, 2.75) is 32.0 Å². The summed E-state index contributed by atoms with van der Waals surface area (Å²) in [5.74, 6) is -1.87. The Balaban J connectivity index is 1.54. The number of halogens is 3. The van der Waals surface area contributed by atoms with Crippen LogP contribution in [-0.2, 0) is 17.5 Å². The fourth-order valence-electron chi connectivity index (χ4n) is 3.81. The van der Waals surface area contributed by atoms with Crippen LogP contribution in [0.3, 0.4) is 0 Å². The maximum atomic E-state index is 13.5. The number of likely N-dealkylation sites (tertiary alicyclic amines) is 1. The predicted octanol–water partition coefficient (Wildman–Crippen LogP) is 2.27. The summed E-state index contributed by atoms with van der Waals surface area (Å²) < 4.78 is 41.3. The molecule has 2 N–H and O–H groups in total. The second-order valence-corrected chi connectivity index (χ2v) is 7.42. The van der Waals surface area contributed by atoms with Crippen molar-refractivity contribution in [2.75, 3.05) is 13.1 Å². The van der Waals surface area contributed by atoms with E-state index in [2.05, 4.69) is 15.0 Å². The normalized spacial score (nSPS) is 16.8. The molecule has 0 saturated carbocycles. The maximum Gasteiger partial charge on any atom is 0.449 e. The largest absolute Gasteiger partial charge is 0.449 e. The molecule has 11 heteroatoms. The first-order valence-corrected chi connectivity index (χ1v) is 9.58. The van der Waals surface area contributed by atoms with Crippen molar-refractivity contribution in [2.24, 2.45) is 5.73 Å². The summed E-state index contributed by atoms with van der Waals surface area (Å²) >= 11 is 0. The third-order valence-corrected chi connectivity index (χ3v) is 5.37. The van der Waals surface area contributed by atoms with Crippen LogP contribution in [0.15, 0.2) is 30.5 Å². The smallest absolute Gasteiger partial charge is 0.365 e. The van der Waals surface area contributed by atoms with Gasteiger partial charge in [0.25, 0.3) is 5.91 Å². The number of hydrogen-bond donors (Lipinski definition) is 1. The number of alkyl halides is 3. The van der Waals surface area contributed by atoms with Crippen LogP contribution in [0.25, 0.3) is 11.0 Å². The monoisotopic (exact) mass is 432 g/mol. The Morgan fingerprint density at radius 2 is 1.97 bits per heavy atom. The van der Waals surface area contributed by atoms with Gasteiger partial charge in [0.2, 0.25) is 11.7 Å². The molecule has 1 atom stereocenters. The second kappa shape index (κ2) is 7.64. The Kier molecular flexibility index (Phi) is 5.11. The maximum absolute atomic E-state index is 13.5. The van der Waals surface area contributed by atoms with E-state index in [1.54, 1.807) is 19.1 Å². The number of rotatable bonds is 4. The molecule has 3 aromatic rings. The molecule has 0 unspecified atom stereocenters. The number of nitrogens with two attached hydrogens (primary N) is 1. The van der Waals surface area contributed by atoms with Crippen molar-refractivity contribution >= 4 is 22.8 Å². The lowest BCUT2D eigenvalue weighted by molar-refractivity contribution is -0.148. The highest BCUT2D eigenvalue weighted by molar-refractivity contribution is 5.93. The number of fused-ring (bicyclic) bond motifs is 1. The van der Waals surface area contributed by atoms with Gasteiger partial charge in [-0.25, -0.2) is 15.0 Å². The van der Waals surface area contributed by atoms with Crippen LogP contribution in [-0.4, -0.2) is 49.3 Å². The third kappa shape index (κ3) is 3.94. The molecule has 8 nitrogen and oxygen atoms in total. The van der Waals surface area contributed by atoms with Gasteiger partial charge in [-0.2, -0.15) is 13.2 Å². The average molecular weight is 432 g/mol. The topological polar surface area (TPSA) is 107 Å². The minimum atomic E-state index is -4.68. The van der Waals surface area contributed by atoms with Gasteiger partial charge < -0.3 is 15.2 Å². The number of primary amides is 1. The van der Waals surface area contributed by atoms with Gasteiger partial charge in [-0.1, -0.05) is 12.1 Å². The van der Waals surface area contributed by atoms with E-state index < -0.39 is 30.4 Å². The number of carbonyl (C=O) groups is 2. The van der Waals surface area contributed by atoms with Crippen LogP contribution in [0.2, 0.25) is 0 Å². The zero-order valence-electron chi connectivity index (χ0n) is 16.6. The molecular formula is C20H19F3N6O2. The van der Waals surface area contributed by atoms with Crippen molar-refractivity contribution in [1.29, 1.82) is 0 Å². The van der Waals surface area contributed by atoms with Gasteiger partial charge in [-0.15, -0.1) is 0 Å². The lowest BCUT2D eigenvalue weighted by Crippen LogP contribution is -2.33. The van der Waals surface area contributed by atoms with Gasteiger partial charge >= 0.3 is 6.18 Å². The Morgan fingerprint density at radius 1 is 1.23 bits per heavy atom. The van der Waals surface area contributed by atoms with E-state index >= 15 is 0 Å². The number of amides is 2. The highest BCUT2D eigenvalue weighted by atomic mass is 19.4. The van der Waals surface area contributed by atoms with Crippen molar-refractivity contribution in [3.63, 3.8) is 0 Å². The van der Waals surface area contributed by atoms with Crippen LogP contribution in [0.1, 0.15) is 40.0 Å². The molecule has 0 radical (unpaired) electrons. The average Bonchev–Trinajstić information content (AvgIpc) is 3.33. The fraction of sp³-hybridized carbons (Fsp3) is 0.350. The van der Waals surface area contributed by atoms with Crippen molar-refractivity contribution in [1.82, 2.24) is 24.4 Å². The van der Waals surface area contributed by atoms with E-state index in [1.165, 1.54) is 23.2 Å². The summed E-state index contributed by atoms with van der Waals surface area (Å²) in [5.41, 5.74) is 6.37. The Morgan fingerprint density at radius 3 is 2.65 bits per heavy atom. The number of carbonyl (C=O) groups excluding carboxylic acids is 2. The molecule has 0 bridgehead atoms. The van der Waals surface area contributed by atoms with Gasteiger partial charge in [0.05, 0.1) is 22.3 Å². The minimum absolute atomic E-state index is 0.175. The molecule has 162 valence electrons. The SMILES string of the molecule is Cc1nc([C@H]2CCN(C(=O)Cn3c(C(F)(F)F)nc4ccccc43)C2)ncc1C(N)=O. The van der Waals surface area contributed by atoms with Crippen LogP contribution in [0, 0.1) is 6.92 Å². The summed E-state index contributed by atoms with van der Waals surface area (Å²) in [4.78, 5) is 37.8. The molecule has 31 heavy (non-hydrogen) atoms. The van der Waals surface area contributed by atoms with Gasteiger partial charge in [0, 0.05) is 25.2 Å². The zero-order valence-corrected chi connectivity index (χ0v) is 16.6. The predicted molar refractivity (Wildman–Crippen MR) is 104 cm³/mol. The van der Waals surface area contributed by atoms with E-state index in [0.29, 0.717) is 24.5 Å². The highest BCUT2D eigenvalue weighted by Crippen LogP contribution is 2.32. The van der Waals surface area contributed by atoms with E-state index in [4.69, 9.17) is 5.73 Å². The van der Waals surface area contributed by atoms with Crippen molar-refractivity contribution in [3.8, 4) is 0 Å². The van der Waals surface area contributed by atoms with Crippen LogP contribution < -0.4 is 5.73 Å². The lowest BCUT2D eigenvalue weighted by atomic mass is 10.1. The van der Waals surface area contributed by atoms with Gasteiger partial charge in [-0.3, -0.25) is 9.59 Å². The van der Waals surface area contributed by atoms with Gasteiger partial charge in [0.15, 0.2) is 0 Å². The van der Waals surface area contributed by atoms with Gasteiger partial charge in [-0.05, 0) is 25.5 Å². The first kappa shape index (κ1) is 20.8. The molecule has 3 heterocycles. The van der Waals surface area contributed by atoms with E-state index in [1.807, 2.05) is 0 Å². The molecule has 1 saturated heterocycles. The van der Waals surface area contributed by atoms with Gasteiger partial charge in [0.1, 0.15) is 12.4 Å². The molecule has 0 aliphatic carbocycles. The van der Waals surface area contributed by atoms with Crippen LogP contribution in [0.4, 0.5) is 13.2 Å². The summed E-state index contributed by atoms with van der Waals surface area (Å²) in [6, 6.07) is 6.19. The van der Waals surface area contributed by atoms with Crippen LogP contribution in [0.5, 0.6) is 0 Å². The molecule has 1 fully saturated rings. The molecular weight excluding hydrogens is 413 g/mol. The summed E-state index contributed by atoms with van der Waals surface area (Å²) in [5, 5.41) is 0.